The molecule has 0 spiro atoms. The first kappa shape index (κ1) is 21.3. The zero-order valence-electron chi connectivity index (χ0n) is 16.7. The van der Waals surface area contributed by atoms with Crippen LogP contribution in [0, 0.1) is 17.2 Å². The van der Waals surface area contributed by atoms with E-state index in [0.29, 0.717) is 12.2 Å². The first-order chi connectivity index (χ1) is 13.9. The molecule has 0 radical (unpaired) electrons. The van der Waals surface area contributed by atoms with E-state index < -0.39 is 12.0 Å². The molecule has 0 aliphatic heterocycles. The molecule has 0 bridgehead atoms. The smallest absolute Gasteiger partial charge is 0.261 e. The zero-order valence-corrected chi connectivity index (χ0v) is 17.8. The summed E-state index contributed by atoms with van der Waals surface area (Å²) < 4.78 is 19.8. The van der Waals surface area contributed by atoms with Crippen LogP contribution in [-0.2, 0) is 11.2 Å². The van der Waals surface area contributed by atoms with E-state index in [0.717, 1.165) is 18.4 Å². The van der Waals surface area contributed by atoms with E-state index in [2.05, 4.69) is 17.4 Å². The molecule has 1 aliphatic rings. The Labute approximate surface area is 173 Å². The van der Waals surface area contributed by atoms with Crippen LogP contribution in [0.4, 0.5) is 4.39 Å². The van der Waals surface area contributed by atoms with Crippen LogP contribution in [-0.4, -0.2) is 12.0 Å². The molecule has 1 aliphatic carbocycles. The molecule has 4 unspecified atom stereocenters. The van der Waals surface area contributed by atoms with Gasteiger partial charge in [0.1, 0.15) is 11.7 Å². The van der Waals surface area contributed by atoms with Crippen LogP contribution in [0.5, 0.6) is 5.75 Å². The number of carbonyl (C=O) groups excluding carboxylic acids is 1. The summed E-state index contributed by atoms with van der Waals surface area (Å²) in [6.45, 7) is 4.05. The van der Waals surface area contributed by atoms with Crippen molar-refractivity contribution in [1.29, 1.82) is 5.26 Å². The van der Waals surface area contributed by atoms with Crippen molar-refractivity contribution in [2.45, 2.75) is 51.2 Å². The number of amides is 1. The lowest BCUT2D eigenvalue weighted by atomic mass is 10.0. The normalized spacial score (nSPS) is 17.3. The first-order valence-electron chi connectivity index (χ1n) is 9.87. The Bertz CT molecular complexity index is 923. The molecule has 4 nitrogen and oxygen atoms in total. The van der Waals surface area contributed by atoms with Gasteiger partial charge in [-0.3, -0.25) is 4.79 Å². The van der Waals surface area contributed by atoms with E-state index in [1.165, 1.54) is 17.7 Å². The molecular weight excluding hydrogens is 386 g/mol. The van der Waals surface area contributed by atoms with Crippen LogP contribution in [0.1, 0.15) is 60.9 Å². The highest BCUT2D eigenvalue weighted by molar-refractivity contribution is 7.16. The minimum atomic E-state index is -1.37. The van der Waals surface area contributed by atoms with Gasteiger partial charge < -0.3 is 10.1 Å². The SMILES string of the molecule is CC(C)CC(Oc1ccc(C#N)c(C(F)P)c1)C(=O)NC1CCc2ccccc21. The fourth-order valence-corrected chi connectivity index (χ4v) is 3.99. The van der Waals surface area contributed by atoms with Crippen molar-refractivity contribution >= 4 is 15.1 Å². The first-order valence-corrected chi connectivity index (χ1v) is 10.5. The largest absolute Gasteiger partial charge is 0.481 e. The molecular formula is C23H26FN2O2P. The number of alkyl halides is 1. The molecule has 4 atom stereocenters. The standard InChI is InChI=1S/C23H26FN2O2P/c1-14(2)11-21(28-17-9-7-16(13-25)19(12-17)22(24)29)23(27)26-20-10-8-15-5-3-4-6-18(15)20/h3-7,9,12,14,20-22H,8,10-11,29H2,1-2H3,(H,26,27). The van der Waals surface area contributed by atoms with Gasteiger partial charge in [0.2, 0.25) is 0 Å². The summed E-state index contributed by atoms with van der Waals surface area (Å²) in [4.78, 5) is 13.0. The molecule has 0 saturated carbocycles. The minimum absolute atomic E-state index is 0.0178. The van der Waals surface area contributed by atoms with Gasteiger partial charge in [0.05, 0.1) is 17.7 Å². The Morgan fingerprint density at radius 1 is 1.34 bits per heavy atom. The van der Waals surface area contributed by atoms with Gasteiger partial charge in [-0.25, -0.2) is 4.39 Å². The molecule has 0 heterocycles. The van der Waals surface area contributed by atoms with Crippen molar-refractivity contribution in [2.24, 2.45) is 5.92 Å². The summed E-state index contributed by atoms with van der Waals surface area (Å²) in [5, 5.41) is 12.3. The second kappa shape index (κ2) is 9.37. The lowest BCUT2D eigenvalue weighted by Crippen LogP contribution is -2.40. The van der Waals surface area contributed by atoms with Gasteiger partial charge >= 0.3 is 0 Å². The number of aryl methyl sites for hydroxylation is 1. The van der Waals surface area contributed by atoms with Gasteiger partial charge in [-0.1, -0.05) is 47.4 Å². The number of ether oxygens (including phenoxy) is 1. The number of carbonyl (C=O) groups is 1. The number of benzene rings is 2. The van der Waals surface area contributed by atoms with Gasteiger partial charge in [0.25, 0.3) is 5.91 Å². The molecule has 1 amide bonds. The summed E-state index contributed by atoms with van der Waals surface area (Å²) in [6, 6.07) is 14.8. The summed E-state index contributed by atoms with van der Waals surface area (Å²) in [5.74, 6) is -0.915. The third kappa shape index (κ3) is 5.14. The number of hydrogen-bond donors (Lipinski definition) is 1. The van der Waals surface area contributed by atoms with Gasteiger partial charge in [-0.15, -0.1) is 0 Å². The molecule has 6 heteroatoms. The van der Waals surface area contributed by atoms with Crippen LogP contribution in [0.3, 0.4) is 0 Å². The van der Waals surface area contributed by atoms with Gasteiger partial charge in [-0.2, -0.15) is 5.26 Å². The second-order valence-corrected chi connectivity index (χ2v) is 8.38. The van der Waals surface area contributed by atoms with E-state index >= 15 is 0 Å². The van der Waals surface area contributed by atoms with Gasteiger partial charge in [0.15, 0.2) is 6.10 Å². The number of fused-ring (bicyclic) bond motifs is 1. The van der Waals surface area contributed by atoms with Crippen LogP contribution >= 0.6 is 9.24 Å². The predicted molar refractivity (Wildman–Crippen MR) is 114 cm³/mol. The summed E-state index contributed by atoms with van der Waals surface area (Å²) in [6.07, 6.45) is 1.67. The Hall–Kier alpha value is -2.44. The quantitative estimate of drug-likeness (QED) is 0.651. The average molecular weight is 412 g/mol. The summed E-state index contributed by atoms with van der Waals surface area (Å²) in [7, 11) is 2.04. The summed E-state index contributed by atoms with van der Waals surface area (Å²) in [5.41, 5.74) is 2.93. The molecule has 2 aromatic rings. The van der Waals surface area contributed by atoms with E-state index in [-0.39, 0.29) is 29.0 Å². The Morgan fingerprint density at radius 3 is 2.79 bits per heavy atom. The number of nitrogens with zero attached hydrogens (tertiary/aromatic N) is 1. The Kier molecular flexibility index (Phi) is 6.87. The Balaban J connectivity index is 1.77. The van der Waals surface area contributed by atoms with E-state index in [1.54, 1.807) is 6.07 Å². The van der Waals surface area contributed by atoms with Crippen LogP contribution in [0.2, 0.25) is 0 Å². The summed E-state index contributed by atoms with van der Waals surface area (Å²) >= 11 is 0. The second-order valence-electron chi connectivity index (χ2n) is 7.80. The fraction of sp³-hybridized carbons (Fsp3) is 0.391. The third-order valence-corrected chi connectivity index (χ3v) is 5.51. The third-order valence-electron chi connectivity index (χ3n) is 5.15. The average Bonchev–Trinajstić information content (AvgIpc) is 3.10. The number of nitrogens with one attached hydrogen (secondary N) is 1. The van der Waals surface area contributed by atoms with Gasteiger partial charge in [-0.05, 0) is 54.5 Å². The van der Waals surface area contributed by atoms with Crippen molar-refractivity contribution in [3.05, 3.63) is 64.7 Å². The van der Waals surface area contributed by atoms with E-state index in [9.17, 15) is 9.18 Å². The zero-order chi connectivity index (χ0) is 21.0. The van der Waals surface area contributed by atoms with Crippen LogP contribution in [0.25, 0.3) is 0 Å². The number of rotatable bonds is 7. The maximum Gasteiger partial charge on any atom is 0.261 e. The van der Waals surface area contributed by atoms with Crippen LogP contribution < -0.4 is 10.1 Å². The van der Waals surface area contributed by atoms with E-state index in [1.807, 2.05) is 41.3 Å². The highest BCUT2D eigenvalue weighted by Gasteiger charge is 2.28. The van der Waals surface area contributed by atoms with Crippen molar-refractivity contribution in [2.75, 3.05) is 0 Å². The minimum Gasteiger partial charge on any atom is -0.481 e. The molecule has 152 valence electrons. The topological polar surface area (TPSA) is 62.1 Å². The molecule has 1 N–H and O–H groups in total. The lowest BCUT2D eigenvalue weighted by Gasteiger charge is -2.23. The maximum atomic E-state index is 13.9. The Morgan fingerprint density at radius 2 is 2.10 bits per heavy atom. The van der Waals surface area contributed by atoms with Crippen molar-refractivity contribution < 1.29 is 13.9 Å². The van der Waals surface area contributed by atoms with E-state index in [4.69, 9.17) is 10.00 Å². The lowest BCUT2D eigenvalue weighted by molar-refractivity contribution is -0.129. The molecule has 29 heavy (non-hydrogen) atoms. The van der Waals surface area contributed by atoms with Crippen LogP contribution in [0.15, 0.2) is 42.5 Å². The number of hydrogen-bond acceptors (Lipinski definition) is 3. The highest BCUT2D eigenvalue weighted by Crippen LogP contribution is 2.32. The predicted octanol–water partition coefficient (Wildman–Crippen LogP) is 5.00. The monoisotopic (exact) mass is 412 g/mol. The van der Waals surface area contributed by atoms with Gasteiger partial charge in [0, 0.05) is 5.56 Å². The number of halogens is 1. The fourth-order valence-electron chi connectivity index (χ4n) is 3.72. The number of nitriles is 1. The van der Waals surface area contributed by atoms with Crippen molar-refractivity contribution in [3.63, 3.8) is 0 Å². The molecule has 0 fully saturated rings. The molecule has 0 saturated heterocycles. The van der Waals surface area contributed by atoms with Crippen molar-refractivity contribution in [3.8, 4) is 11.8 Å². The maximum absolute atomic E-state index is 13.9. The molecule has 2 aromatic carbocycles. The highest BCUT2D eigenvalue weighted by atomic mass is 31.0. The molecule has 3 rings (SSSR count). The molecule has 0 aromatic heterocycles. The van der Waals surface area contributed by atoms with Crippen molar-refractivity contribution in [1.82, 2.24) is 5.32 Å².